The molecule has 2 rings (SSSR count). The van der Waals surface area contributed by atoms with Gasteiger partial charge in [0.1, 0.15) is 0 Å². The van der Waals surface area contributed by atoms with Crippen LogP contribution in [0.25, 0.3) is 0 Å². The molecule has 0 aliphatic rings. The predicted molar refractivity (Wildman–Crippen MR) is 71.2 cm³/mol. The molecule has 0 aliphatic heterocycles. The molecule has 0 aromatic carbocycles. The maximum Gasteiger partial charge on any atom is 0.225 e. The van der Waals surface area contributed by atoms with Gasteiger partial charge in [-0.25, -0.2) is 9.97 Å². The van der Waals surface area contributed by atoms with Crippen molar-refractivity contribution in [1.29, 1.82) is 0 Å². The van der Waals surface area contributed by atoms with Crippen LogP contribution in [-0.4, -0.2) is 17.0 Å². The SMILES string of the molecule is CN(Cc1ccsc1)c1ncc(I)cn1. The summed E-state index contributed by atoms with van der Waals surface area (Å²) < 4.78 is 1.06. The van der Waals surface area contributed by atoms with Crippen LogP contribution in [0.2, 0.25) is 0 Å². The van der Waals surface area contributed by atoms with Crippen molar-refractivity contribution in [3.05, 3.63) is 38.4 Å². The molecule has 0 bridgehead atoms. The van der Waals surface area contributed by atoms with Gasteiger partial charge in [-0.3, -0.25) is 0 Å². The Hall–Kier alpha value is -0.690. The molecule has 0 amide bonds. The van der Waals surface area contributed by atoms with E-state index in [0.717, 1.165) is 16.1 Å². The summed E-state index contributed by atoms with van der Waals surface area (Å²) in [6, 6.07) is 2.12. The van der Waals surface area contributed by atoms with Gasteiger partial charge in [0.15, 0.2) is 0 Å². The molecule has 0 atom stereocenters. The third-order valence-corrected chi connectivity index (χ3v) is 3.24. The van der Waals surface area contributed by atoms with E-state index in [4.69, 9.17) is 0 Å². The number of aromatic nitrogens is 2. The maximum atomic E-state index is 4.27. The molecular formula is C10H10IN3S. The van der Waals surface area contributed by atoms with E-state index in [1.807, 2.05) is 24.3 Å². The van der Waals surface area contributed by atoms with Gasteiger partial charge in [0, 0.05) is 29.6 Å². The van der Waals surface area contributed by atoms with Crippen LogP contribution in [0.5, 0.6) is 0 Å². The van der Waals surface area contributed by atoms with Crippen LogP contribution in [-0.2, 0) is 6.54 Å². The number of nitrogens with zero attached hydrogens (tertiary/aromatic N) is 3. The summed E-state index contributed by atoms with van der Waals surface area (Å²) in [6.07, 6.45) is 3.65. The minimum Gasteiger partial charge on any atom is -0.340 e. The monoisotopic (exact) mass is 331 g/mol. The van der Waals surface area contributed by atoms with Gasteiger partial charge in [0.2, 0.25) is 5.95 Å². The first-order valence-corrected chi connectivity index (χ1v) is 6.47. The Balaban J connectivity index is 2.08. The van der Waals surface area contributed by atoms with Crippen molar-refractivity contribution >= 4 is 39.9 Å². The molecule has 0 spiro atoms. The second-order valence-corrected chi connectivity index (χ2v) is 5.21. The standard InChI is InChI=1S/C10H10IN3S/c1-14(6-8-2-3-15-7-8)10-12-4-9(11)5-13-10/h2-5,7H,6H2,1H3. The molecular weight excluding hydrogens is 321 g/mol. The van der Waals surface area contributed by atoms with Crippen molar-refractivity contribution in [1.82, 2.24) is 9.97 Å². The van der Waals surface area contributed by atoms with Crippen molar-refractivity contribution in [3.63, 3.8) is 0 Å². The average molecular weight is 331 g/mol. The Kier molecular flexibility index (Phi) is 3.53. The maximum absolute atomic E-state index is 4.27. The lowest BCUT2D eigenvalue weighted by Gasteiger charge is -2.15. The lowest BCUT2D eigenvalue weighted by Crippen LogP contribution is -2.18. The molecule has 0 N–H and O–H groups in total. The summed E-state index contributed by atoms with van der Waals surface area (Å²) in [6.45, 7) is 0.851. The Morgan fingerprint density at radius 3 is 2.73 bits per heavy atom. The molecule has 0 radical (unpaired) electrons. The van der Waals surface area contributed by atoms with Gasteiger partial charge >= 0.3 is 0 Å². The van der Waals surface area contributed by atoms with Gasteiger partial charge in [0.05, 0.1) is 0 Å². The molecule has 0 saturated carbocycles. The van der Waals surface area contributed by atoms with Crippen LogP contribution in [0.1, 0.15) is 5.56 Å². The third-order valence-electron chi connectivity index (χ3n) is 1.95. The molecule has 0 unspecified atom stereocenters. The number of anilines is 1. The van der Waals surface area contributed by atoms with Gasteiger partial charge in [-0.05, 0) is 45.0 Å². The third kappa shape index (κ3) is 2.88. The Bertz CT molecular complexity index is 413. The smallest absolute Gasteiger partial charge is 0.225 e. The highest BCUT2D eigenvalue weighted by Crippen LogP contribution is 2.12. The Morgan fingerprint density at radius 1 is 1.40 bits per heavy atom. The molecule has 0 saturated heterocycles. The van der Waals surface area contributed by atoms with Crippen LogP contribution < -0.4 is 4.90 Å². The molecule has 15 heavy (non-hydrogen) atoms. The Labute approximate surface area is 106 Å². The molecule has 0 aliphatic carbocycles. The van der Waals surface area contributed by atoms with E-state index < -0.39 is 0 Å². The highest BCUT2D eigenvalue weighted by atomic mass is 127. The zero-order valence-electron chi connectivity index (χ0n) is 8.22. The fraction of sp³-hybridized carbons (Fsp3) is 0.200. The number of hydrogen-bond acceptors (Lipinski definition) is 4. The van der Waals surface area contributed by atoms with Gasteiger partial charge in [-0.15, -0.1) is 0 Å². The van der Waals surface area contributed by atoms with Crippen LogP contribution in [0.15, 0.2) is 29.2 Å². The molecule has 3 nitrogen and oxygen atoms in total. The minimum atomic E-state index is 0.765. The lowest BCUT2D eigenvalue weighted by molar-refractivity contribution is 0.867. The van der Waals surface area contributed by atoms with Crippen molar-refractivity contribution in [3.8, 4) is 0 Å². The van der Waals surface area contributed by atoms with Crippen LogP contribution in [0.4, 0.5) is 5.95 Å². The zero-order valence-corrected chi connectivity index (χ0v) is 11.2. The van der Waals surface area contributed by atoms with Gasteiger partial charge in [-0.2, -0.15) is 11.3 Å². The first kappa shape index (κ1) is 10.8. The van der Waals surface area contributed by atoms with E-state index in [2.05, 4.69) is 49.4 Å². The zero-order chi connectivity index (χ0) is 10.7. The Morgan fingerprint density at radius 2 is 2.13 bits per heavy atom. The average Bonchev–Trinajstić information content (AvgIpc) is 2.71. The number of halogens is 1. The fourth-order valence-corrected chi connectivity index (χ4v) is 2.17. The fourth-order valence-electron chi connectivity index (χ4n) is 1.23. The van der Waals surface area contributed by atoms with E-state index >= 15 is 0 Å². The van der Waals surface area contributed by atoms with Crippen molar-refractivity contribution in [2.24, 2.45) is 0 Å². The number of rotatable bonds is 3. The van der Waals surface area contributed by atoms with Gasteiger partial charge < -0.3 is 4.90 Å². The summed E-state index contributed by atoms with van der Waals surface area (Å²) in [4.78, 5) is 10.6. The van der Waals surface area contributed by atoms with Crippen molar-refractivity contribution < 1.29 is 0 Å². The highest BCUT2D eigenvalue weighted by Gasteiger charge is 2.04. The summed E-state index contributed by atoms with van der Waals surface area (Å²) >= 11 is 3.91. The number of hydrogen-bond donors (Lipinski definition) is 0. The second-order valence-electron chi connectivity index (χ2n) is 3.19. The van der Waals surface area contributed by atoms with E-state index in [1.165, 1.54) is 5.56 Å². The number of thiophene rings is 1. The normalized spacial score (nSPS) is 10.3. The minimum absolute atomic E-state index is 0.765. The van der Waals surface area contributed by atoms with Gasteiger partial charge in [-0.1, -0.05) is 0 Å². The summed E-state index contributed by atoms with van der Waals surface area (Å²) in [7, 11) is 2.00. The first-order chi connectivity index (χ1) is 7.25. The van der Waals surface area contributed by atoms with E-state index in [-0.39, 0.29) is 0 Å². The van der Waals surface area contributed by atoms with Crippen LogP contribution >= 0.6 is 33.9 Å². The van der Waals surface area contributed by atoms with E-state index in [9.17, 15) is 0 Å². The summed E-state index contributed by atoms with van der Waals surface area (Å²) in [5.41, 5.74) is 1.30. The molecule has 2 aromatic rings. The molecule has 5 heteroatoms. The lowest BCUT2D eigenvalue weighted by atomic mass is 10.3. The van der Waals surface area contributed by atoms with Crippen LogP contribution in [0, 0.1) is 3.57 Å². The van der Waals surface area contributed by atoms with Crippen molar-refractivity contribution in [2.45, 2.75) is 6.54 Å². The highest BCUT2D eigenvalue weighted by molar-refractivity contribution is 14.1. The predicted octanol–water partition coefficient (Wildman–Crippen LogP) is 2.78. The molecule has 78 valence electrons. The van der Waals surface area contributed by atoms with Crippen LogP contribution in [0.3, 0.4) is 0 Å². The summed E-state index contributed by atoms with van der Waals surface area (Å²) in [5, 5.41) is 4.22. The van der Waals surface area contributed by atoms with Crippen molar-refractivity contribution in [2.75, 3.05) is 11.9 Å². The second kappa shape index (κ2) is 4.89. The first-order valence-electron chi connectivity index (χ1n) is 4.45. The largest absolute Gasteiger partial charge is 0.340 e. The quantitative estimate of drug-likeness (QED) is 0.810. The summed E-state index contributed by atoms with van der Waals surface area (Å²) in [5.74, 6) is 0.765. The van der Waals surface area contributed by atoms with E-state index in [0.29, 0.717) is 0 Å². The molecule has 2 heterocycles. The topological polar surface area (TPSA) is 29.0 Å². The molecule has 2 aromatic heterocycles. The molecule has 0 fully saturated rings. The van der Waals surface area contributed by atoms with E-state index in [1.54, 1.807) is 11.3 Å². The van der Waals surface area contributed by atoms with Gasteiger partial charge in [0.25, 0.3) is 0 Å².